The van der Waals surface area contributed by atoms with E-state index in [0.717, 1.165) is 15.6 Å². The van der Waals surface area contributed by atoms with Crippen LogP contribution in [0.3, 0.4) is 0 Å². The van der Waals surface area contributed by atoms with Crippen molar-refractivity contribution in [2.45, 2.75) is 31.7 Å². The first-order chi connectivity index (χ1) is 14.3. The number of amides is 1. The first kappa shape index (κ1) is 22.0. The zero-order chi connectivity index (χ0) is 21.7. The van der Waals surface area contributed by atoms with Gasteiger partial charge in [0.15, 0.2) is 10.1 Å². The Morgan fingerprint density at radius 1 is 1.07 bits per heavy atom. The molecule has 1 N–H and O–H groups in total. The van der Waals surface area contributed by atoms with Crippen molar-refractivity contribution in [2.75, 3.05) is 18.1 Å². The molecule has 0 radical (unpaired) electrons. The second-order valence-corrected chi connectivity index (χ2v) is 9.28. The molecule has 0 aliphatic heterocycles. The Morgan fingerprint density at radius 3 is 2.47 bits per heavy atom. The Bertz CT molecular complexity index is 1050. The molecule has 0 spiro atoms. The lowest BCUT2D eigenvalue weighted by Crippen LogP contribution is -2.22. The minimum absolute atomic E-state index is 0.00924. The van der Waals surface area contributed by atoms with E-state index in [-0.39, 0.29) is 11.7 Å². The van der Waals surface area contributed by atoms with E-state index in [4.69, 9.17) is 0 Å². The Kier molecular flexibility index (Phi) is 7.23. The van der Waals surface area contributed by atoms with Gasteiger partial charge in [-0.1, -0.05) is 53.4 Å². The summed E-state index contributed by atoms with van der Waals surface area (Å²) < 4.78 is 0.745. The topological polar surface area (TPSA) is 75.2 Å². The summed E-state index contributed by atoms with van der Waals surface area (Å²) in [6, 6.07) is 13.5. The summed E-state index contributed by atoms with van der Waals surface area (Å²) in [6.07, 6.45) is 0. The smallest absolute Gasteiger partial charge is 0.219 e. The Morgan fingerprint density at radius 2 is 1.80 bits per heavy atom. The lowest BCUT2D eigenvalue weighted by atomic mass is 10.1. The van der Waals surface area contributed by atoms with Gasteiger partial charge in [-0.2, -0.15) is 0 Å². The van der Waals surface area contributed by atoms with Gasteiger partial charge in [0.25, 0.3) is 0 Å². The molecule has 0 aliphatic rings. The highest BCUT2D eigenvalue weighted by atomic mass is 32.2. The third-order valence-electron chi connectivity index (χ3n) is 4.72. The second-order valence-electron chi connectivity index (χ2n) is 7.08. The van der Waals surface area contributed by atoms with Gasteiger partial charge < -0.3 is 10.2 Å². The number of carbonyl (C=O) groups excluding carboxylic acids is 2. The SMILES string of the molecule is CC(=O)N(C)Cc1ccc(C(=O)CSc2nnc(Nc3ccc(C)c(C)c3)s2)cc1. The number of nitrogens with zero attached hydrogens (tertiary/aromatic N) is 3. The van der Waals surface area contributed by atoms with Crippen molar-refractivity contribution < 1.29 is 9.59 Å². The zero-order valence-electron chi connectivity index (χ0n) is 17.4. The van der Waals surface area contributed by atoms with E-state index < -0.39 is 0 Å². The molecule has 0 atom stereocenters. The fourth-order valence-electron chi connectivity index (χ4n) is 2.65. The molecule has 0 fully saturated rings. The van der Waals surface area contributed by atoms with E-state index in [2.05, 4.69) is 41.5 Å². The monoisotopic (exact) mass is 440 g/mol. The van der Waals surface area contributed by atoms with Crippen LogP contribution in [-0.4, -0.2) is 39.6 Å². The molecule has 0 bridgehead atoms. The van der Waals surface area contributed by atoms with Crippen LogP contribution in [0.4, 0.5) is 10.8 Å². The van der Waals surface area contributed by atoms with Crippen molar-refractivity contribution in [3.8, 4) is 0 Å². The Labute approximate surface area is 184 Å². The standard InChI is InChI=1S/C22H24N4O2S2/c1-14-5-10-19(11-15(14)2)23-21-24-25-22(30-21)29-13-20(28)18-8-6-17(7-9-18)12-26(4)16(3)27/h5-11H,12-13H2,1-4H3,(H,23,24). The normalized spacial score (nSPS) is 10.7. The molecule has 1 amide bonds. The largest absolute Gasteiger partial charge is 0.342 e. The molecule has 6 nitrogen and oxygen atoms in total. The molecule has 3 aromatic rings. The first-order valence-corrected chi connectivity index (χ1v) is 11.3. The van der Waals surface area contributed by atoms with Crippen LogP contribution in [0.15, 0.2) is 46.8 Å². The van der Waals surface area contributed by atoms with Crippen LogP contribution < -0.4 is 5.32 Å². The number of hydrogen-bond acceptors (Lipinski definition) is 7. The summed E-state index contributed by atoms with van der Waals surface area (Å²) in [5, 5.41) is 12.3. The van der Waals surface area contributed by atoms with Crippen LogP contribution >= 0.6 is 23.1 Å². The second kappa shape index (κ2) is 9.86. The van der Waals surface area contributed by atoms with Crippen LogP contribution in [0.2, 0.25) is 0 Å². The van der Waals surface area contributed by atoms with E-state index in [1.807, 2.05) is 18.2 Å². The first-order valence-electron chi connectivity index (χ1n) is 9.46. The van der Waals surface area contributed by atoms with Crippen molar-refractivity contribution >= 4 is 45.6 Å². The number of anilines is 2. The predicted octanol–water partition coefficient (Wildman–Crippen LogP) is 4.85. The van der Waals surface area contributed by atoms with Crippen molar-refractivity contribution in [3.63, 3.8) is 0 Å². The molecule has 0 aliphatic carbocycles. The van der Waals surface area contributed by atoms with Gasteiger partial charge in [0, 0.05) is 31.8 Å². The molecule has 0 unspecified atom stereocenters. The molecule has 1 heterocycles. The number of aromatic nitrogens is 2. The molecule has 30 heavy (non-hydrogen) atoms. The van der Waals surface area contributed by atoms with Gasteiger partial charge in [0.1, 0.15) is 0 Å². The average Bonchev–Trinajstić information content (AvgIpc) is 3.16. The molecule has 2 aromatic carbocycles. The molecule has 0 saturated carbocycles. The van der Waals surface area contributed by atoms with Crippen molar-refractivity contribution in [3.05, 3.63) is 64.7 Å². The van der Waals surface area contributed by atoms with E-state index in [0.29, 0.717) is 23.0 Å². The zero-order valence-corrected chi connectivity index (χ0v) is 19.1. The van der Waals surface area contributed by atoms with E-state index in [1.165, 1.54) is 41.1 Å². The quantitative estimate of drug-likeness (QED) is 0.399. The molecule has 1 aromatic heterocycles. The van der Waals surface area contributed by atoms with Gasteiger partial charge >= 0.3 is 0 Å². The maximum absolute atomic E-state index is 12.5. The maximum atomic E-state index is 12.5. The van der Waals surface area contributed by atoms with Crippen LogP contribution in [0, 0.1) is 13.8 Å². The number of Topliss-reactive ketones (excluding diaryl/α,β-unsaturated/α-hetero) is 1. The average molecular weight is 441 g/mol. The summed E-state index contributed by atoms with van der Waals surface area (Å²) in [6.45, 7) is 6.21. The van der Waals surface area contributed by atoms with Gasteiger partial charge in [-0.15, -0.1) is 10.2 Å². The van der Waals surface area contributed by atoms with Crippen molar-refractivity contribution in [1.29, 1.82) is 0 Å². The number of nitrogens with one attached hydrogen (secondary N) is 1. The molecule has 0 saturated heterocycles. The molecule has 8 heteroatoms. The lowest BCUT2D eigenvalue weighted by Gasteiger charge is -2.14. The number of aryl methyl sites for hydroxylation is 2. The molecule has 156 valence electrons. The third kappa shape index (κ3) is 5.90. The molecular formula is C22H24N4O2S2. The van der Waals surface area contributed by atoms with Gasteiger partial charge in [-0.05, 0) is 42.7 Å². The van der Waals surface area contributed by atoms with Crippen LogP contribution in [0.5, 0.6) is 0 Å². The summed E-state index contributed by atoms with van der Waals surface area (Å²) in [5.74, 6) is 0.339. The van der Waals surface area contributed by atoms with Gasteiger partial charge in [-0.3, -0.25) is 9.59 Å². The molecular weight excluding hydrogens is 416 g/mol. The van der Waals surface area contributed by atoms with Crippen LogP contribution in [-0.2, 0) is 11.3 Å². The van der Waals surface area contributed by atoms with Crippen molar-refractivity contribution in [1.82, 2.24) is 15.1 Å². The number of carbonyl (C=O) groups is 2. The number of hydrogen-bond donors (Lipinski definition) is 1. The van der Waals surface area contributed by atoms with Crippen LogP contribution in [0.1, 0.15) is 34.0 Å². The highest BCUT2D eigenvalue weighted by molar-refractivity contribution is 8.01. The lowest BCUT2D eigenvalue weighted by molar-refractivity contribution is -0.128. The van der Waals surface area contributed by atoms with Gasteiger partial charge in [-0.25, -0.2) is 0 Å². The summed E-state index contributed by atoms with van der Waals surface area (Å²) in [4.78, 5) is 25.4. The summed E-state index contributed by atoms with van der Waals surface area (Å²) >= 11 is 2.81. The molecule has 3 rings (SSSR count). The number of thioether (sulfide) groups is 1. The predicted molar refractivity (Wildman–Crippen MR) is 123 cm³/mol. The van der Waals surface area contributed by atoms with E-state index in [1.54, 1.807) is 24.1 Å². The van der Waals surface area contributed by atoms with E-state index >= 15 is 0 Å². The van der Waals surface area contributed by atoms with Gasteiger partial charge in [0.05, 0.1) is 5.75 Å². The number of ketones is 1. The summed E-state index contributed by atoms with van der Waals surface area (Å²) in [7, 11) is 1.75. The number of rotatable bonds is 8. The minimum Gasteiger partial charge on any atom is -0.342 e. The highest BCUT2D eigenvalue weighted by Crippen LogP contribution is 2.28. The van der Waals surface area contributed by atoms with E-state index in [9.17, 15) is 9.59 Å². The van der Waals surface area contributed by atoms with Crippen molar-refractivity contribution in [2.24, 2.45) is 0 Å². The fourth-order valence-corrected chi connectivity index (χ4v) is 4.32. The third-order valence-corrected chi connectivity index (χ3v) is 6.70. The fraction of sp³-hybridized carbons (Fsp3) is 0.273. The van der Waals surface area contributed by atoms with Crippen LogP contribution in [0.25, 0.3) is 0 Å². The maximum Gasteiger partial charge on any atom is 0.219 e. The Balaban J connectivity index is 1.53. The Hall–Kier alpha value is -2.71. The summed E-state index contributed by atoms with van der Waals surface area (Å²) in [5.41, 5.74) is 5.06. The van der Waals surface area contributed by atoms with Gasteiger partial charge in [0.2, 0.25) is 11.0 Å². The number of benzene rings is 2. The minimum atomic E-state index is 0.00924. The highest BCUT2D eigenvalue weighted by Gasteiger charge is 2.11.